The van der Waals surface area contributed by atoms with Gasteiger partial charge >= 0.3 is 5.97 Å². The first-order valence-electron chi connectivity index (χ1n) is 6.31. The molecule has 0 saturated heterocycles. The molecule has 1 aromatic rings. The maximum absolute atomic E-state index is 11.5. The van der Waals surface area contributed by atoms with Gasteiger partial charge in [-0.25, -0.2) is 0 Å². The third kappa shape index (κ3) is 2.86. The molecule has 18 heavy (non-hydrogen) atoms. The van der Waals surface area contributed by atoms with Crippen LogP contribution in [0.2, 0.25) is 5.02 Å². The van der Waals surface area contributed by atoms with Crippen LogP contribution in [0.5, 0.6) is 0 Å². The van der Waals surface area contributed by atoms with E-state index in [1.165, 1.54) is 0 Å². The van der Waals surface area contributed by atoms with Gasteiger partial charge in [0.05, 0.1) is 21.8 Å². The minimum atomic E-state index is -0.780. The number of hydrogen-bond donors (Lipinski definition) is 1. The van der Waals surface area contributed by atoms with Crippen LogP contribution in [-0.2, 0) is 17.8 Å². The van der Waals surface area contributed by atoms with Gasteiger partial charge in [-0.1, -0.05) is 24.9 Å². The average molecular weight is 273 g/mol. The van der Waals surface area contributed by atoms with Crippen LogP contribution in [0, 0.1) is 12.3 Å². The highest BCUT2D eigenvalue weighted by Crippen LogP contribution is 2.32. The molecule has 0 bridgehead atoms. The van der Waals surface area contributed by atoms with Crippen molar-refractivity contribution in [2.24, 2.45) is 5.41 Å². The van der Waals surface area contributed by atoms with Crippen LogP contribution < -0.4 is 0 Å². The van der Waals surface area contributed by atoms with Crippen molar-refractivity contribution in [2.75, 3.05) is 0 Å². The van der Waals surface area contributed by atoms with E-state index >= 15 is 0 Å². The van der Waals surface area contributed by atoms with Gasteiger partial charge in [0.15, 0.2) is 0 Å². The molecule has 0 amide bonds. The quantitative estimate of drug-likeness (QED) is 0.864. The van der Waals surface area contributed by atoms with Gasteiger partial charge in [0, 0.05) is 13.0 Å². The predicted octanol–water partition coefficient (Wildman–Crippen LogP) is 3.30. The Morgan fingerprint density at radius 1 is 1.50 bits per heavy atom. The van der Waals surface area contributed by atoms with Gasteiger partial charge in [-0.2, -0.15) is 5.10 Å². The third-order valence-electron chi connectivity index (χ3n) is 3.33. The maximum atomic E-state index is 11.5. The second-order valence-corrected chi connectivity index (χ2v) is 5.33. The van der Waals surface area contributed by atoms with Crippen LogP contribution in [-0.4, -0.2) is 20.9 Å². The van der Waals surface area contributed by atoms with E-state index in [0.717, 1.165) is 17.8 Å². The summed E-state index contributed by atoms with van der Waals surface area (Å²) >= 11 is 6.23. The van der Waals surface area contributed by atoms with E-state index in [1.54, 1.807) is 11.6 Å². The highest BCUT2D eigenvalue weighted by atomic mass is 35.5. The van der Waals surface area contributed by atoms with Crippen molar-refractivity contribution in [3.05, 3.63) is 16.4 Å². The Labute approximate surface area is 113 Å². The van der Waals surface area contributed by atoms with Crippen LogP contribution in [0.3, 0.4) is 0 Å². The van der Waals surface area contributed by atoms with Crippen molar-refractivity contribution >= 4 is 17.6 Å². The van der Waals surface area contributed by atoms with Gasteiger partial charge in [-0.3, -0.25) is 9.48 Å². The number of halogens is 1. The number of aryl methyl sites for hydroxylation is 2. The van der Waals surface area contributed by atoms with E-state index in [9.17, 15) is 9.90 Å². The van der Waals surface area contributed by atoms with Crippen molar-refractivity contribution < 1.29 is 9.90 Å². The Morgan fingerprint density at radius 3 is 2.56 bits per heavy atom. The fourth-order valence-electron chi connectivity index (χ4n) is 2.23. The molecule has 0 spiro atoms. The van der Waals surface area contributed by atoms with E-state index in [4.69, 9.17) is 11.6 Å². The molecule has 1 rings (SSSR count). The molecule has 102 valence electrons. The Morgan fingerprint density at radius 2 is 2.11 bits per heavy atom. The van der Waals surface area contributed by atoms with Crippen LogP contribution in [0.25, 0.3) is 0 Å². The molecule has 0 aliphatic carbocycles. The molecular weight excluding hydrogens is 252 g/mol. The molecular formula is C13H21ClN2O2. The molecule has 0 fully saturated rings. The van der Waals surface area contributed by atoms with E-state index in [-0.39, 0.29) is 0 Å². The number of carboxylic acids is 1. The molecule has 0 radical (unpaired) electrons. The summed E-state index contributed by atoms with van der Waals surface area (Å²) in [5.41, 5.74) is 0.811. The lowest BCUT2D eigenvalue weighted by atomic mass is 9.81. The van der Waals surface area contributed by atoms with Crippen LogP contribution in [0.1, 0.15) is 45.0 Å². The lowest BCUT2D eigenvalue weighted by molar-refractivity contribution is -0.148. The van der Waals surface area contributed by atoms with Crippen molar-refractivity contribution in [1.29, 1.82) is 0 Å². The molecule has 1 N–H and O–H groups in total. The van der Waals surface area contributed by atoms with E-state index < -0.39 is 11.4 Å². The normalized spacial score (nSPS) is 14.5. The zero-order chi connectivity index (χ0) is 13.9. The van der Waals surface area contributed by atoms with Crippen LogP contribution >= 0.6 is 11.6 Å². The Balaban J connectivity index is 3.11. The second kappa shape index (κ2) is 5.74. The zero-order valence-corrected chi connectivity index (χ0v) is 12.2. The highest BCUT2D eigenvalue weighted by Gasteiger charge is 2.34. The van der Waals surface area contributed by atoms with Crippen molar-refractivity contribution in [3.8, 4) is 0 Å². The van der Waals surface area contributed by atoms with Gasteiger partial charge in [-0.15, -0.1) is 0 Å². The summed E-state index contributed by atoms with van der Waals surface area (Å²) in [5.74, 6) is -0.776. The summed E-state index contributed by atoms with van der Waals surface area (Å²) in [4.78, 5) is 11.5. The fraction of sp³-hybridized carbons (Fsp3) is 0.692. The molecule has 1 unspecified atom stereocenters. The fourth-order valence-corrected chi connectivity index (χ4v) is 2.43. The standard InChI is InChI=1S/C13H21ClN2O2/c1-5-7-13(4,12(17)18)8-10-11(14)9(3)15-16(10)6-2/h5-8H2,1-4H3,(H,17,18). The highest BCUT2D eigenvalue weighted by molar-refractivity contribution is 6.31. The average Bonchev–Trinajstić information content (AvgIpc) is 2.57. The van der Waals surface area contributed by atoms with Crippen LogP contribution in [0.4, 0.5) is 0 Å². The Kier molecular flexibility index (Phi) is 4.79. The number of hydrogen-bond acceptors (Lipinski definition) is 2. The number of carboxylic acid groups (broad SMARTS) is 1. The molecule has 0 aliphatic heterocycles. The maximum Gasteiger partial charge on any atom is 0.309 e. The van der Waals surface area contributed by atoms with Crippen molar-refractivity contribution in [2.45, 2.75) is 53.5 Å². The largest absolute Gasteiger partial charge is 0.481 e. The number of carbonyl (C=O) groups is 1. The summed E-state index contributed by atoms with van der Waals surface area (Å²) in [6.45, 7) is 8.29. The predicted molar refractivity (Wildman–Crippen MR) is 72.0 cm³/mol. The molecule has 1 aromatic heterocycles. The minimum absolute atomic E-state index is 0.420. The van der Waals surface area contributed by atoms with E-state index in [2.05, 4.69) is 5.10 Å². The third-order valence-corrected chi connectivity index (χ3v) is 3.82. The lowest BCUT2D eigenvalue weighted by Crippen LogP contribution is -2.31. The van der Waals surface area contributed by atoms with Gasteiger partial charge in [0.25, 0.3) is 0 Å². The van der Waals surface area contributed by atoms with Crippen molar-refractivity contribution in [3.63, 3.8) is 0 Å². The smallest absolute Gasteiger partial charge is 0.309 e. The molecule has 0 saturated carbocycles. The molecule has 4 nitrogen and oxygen atoms in total. The first-order valence-corrected chi connectivity index (χ1v) is 6.68. The lowest BCUT2D eigenvalue weighted by Gasteiger charge is -2.24. The second-order valence-electron chi connectivity index (χ2n) is 4.95. The van der Waals surface area contributed by atoms with Gasteiger partial charge in [0.1, 0.15) is 0 Å². The summed E-state index contributed by atoms with van der Waals surface area (Å²) in [6.07, 6.45) is 1.88. The summed E-state index contributed by atoms with van der Waals surface area (Å²) < 4.78 is 1.80. The molecule has 0 aromatic carbocycles. The van der Waals surface area contributed by atoms with Crippen molar-refractivity contribution in [1.82, 2.24) is 9.78 Å². The van der Waals surface area contributed by atoms with Gasteiger partial charge < -0.3 is 5.11 Å². The number of nitrogens with zero attached hydrogens (tertiary/aromatic N) is 2. The number of aliphatic carboxylic acids is 1. The first-order chi connectivity index (χ1) is 8.35. The van der Waals surface area contributed by atoms with Gasteiger partial charge in [-0.05, 0) is 27.2 Å². The monoisotopic (exact) mass is 272 g/mol. The summed E-state index contributed by atoms with van der Waals surface area (Å²) in [6, 6.07) is 0. The molecule has 1 atom stereocenters. The SMILES string of the molecule is CCCC(C)(Cc1c(Cl)c(C)nn1CC)C(=O)O. The summed E-state index contributed by atoms with van der Waals surface area (Å²) in [5, 5.41) is 14.3. The first kappa shape index (κ1) is 15.0. The topological polar surface area (TPSA) is 55.1 Å². The van der Waals surface area contributed by atoms with Crippen LogP contribution in [0.15, 0.2) is 0 Å². The van der Waals surface area contributed by atoms with E-state index in [1.807, 2.05) is 20.8 Å². The molecule has 1 heterocycles. The number of rotatable bonds is 6. The summed E-state index contributed by atoms with van der Waals surface area (Å²) in [7, 11) is 0. The van der Waals surface area contributed by atoms with E-state index in [0.29, 0.717) is 24.4 Å². The molecule has 0 aliphatic rings. The van der Waals surface area contributed by atoms with Gasteiger partial charge in [0.2, 0.25) is 0 Å². The number of aromatic nitrogens is 2. The molecule has 5 heteroatoms. The Bertz CT molecular complexity index is 442. The zero-order valence-electron chi connectivity index (χ0n) is 11.5. The minimum Gasteiger partial charge on any atom is -0.481 e. The Hall–Kier alpha value is -1.03.